The first kappa shape index (κ1) is 13.9. The van der Waals surface area contributed by atoms with Gasteiger partial charge in [0.2, 0.25) is 5.91 Å². The van der Waals surface area contributed by atoms with E-state index in [4.69, 9.17) is 0 Å². The predicted molar refractivity (Wildman–Crippen MR) is 74.5 cm³/mol. The van der Waals surface area contributed by atoms with Crippen molar-refractivity contribution in [2.75, 3.05) is 19.6 Å². The fraction of sp³-hybridized carbons (Fsp3) is 0.933. The number of unbranched alkanes of at least 4 members (excludes halogenated alkanes) is 2. The van der Waals surface area contributed by atoms with E-state index in [1.165, 1.54) is 32.2 Å². The maximum absolute atomic E-state index is 12.0. The number of hydrogen-bond acceptors (Lipinski definition) is 2. The Morgan fingerprint density at radius 3 is 2.50 bits per heavy atom. The Morgan fingerprint density at radius 2 is 1.89 bits per heavy atom. The Labute approximate surface area is 111 Å². The molecule has 1 saturated carbocycles. The number of carbonyl (C=O) groups excluding carboxylic acids is 1. The lowest BCUT2D eigenvalue weighted by atomic mass is 10.0. The van der Waals surface area contributed by atoms with Crippen LogP contribution < -0.4 is 5.32 Å². The molecule has 0 aromatic heterocycles. The molecular formula is C15H28N2O. The second kappa shape index (κ2) is 7.13. The normalized spacial score (nSPS) is 21.3. The maximum Gasteiger partial charge on any atom is 0.222 e. The molecule has 0 atom stereocenters. The summed E-state index contributed by atoms with van der Waals surface area (Å²) in [6, 6.07) is 0.658. The van der Waals surface area contributed by atoms with E-state index in [0.29, 0.717) is 11.9 Å². The van der Waals surface area contributed by atoms with Gasteiger partial charge in [-0.05, 0) is 44.6 Å². The maximum atomic E-state index is 12.0. The van der Waals surface area contributed by atoms with Crippen LogP contribution in [-0.2, 0) is 4.79 Å². The van der Waals surface area contributed by atoms with Gasteiger partial charge in [0.25, 0.3) is 0 Å². The van der Waals surface area contributed by atoms with Crippen molar-refractivity contribution in [1.82, 2.24) is 10.2 Å². The van der Waals surface area contributed by atoms with Crippen molar-refractivity contribution in [1.29, 1.82) is 0 Å². The number of rotatable bonds is 7. The second-order valence-electron chi connectivity index (χ2n) is 5.96. The van der Waals surface area contributed by atoms with Crippen LogP contribution in [0.15, 0.2) is 0 Å². The third kappa shape index (κ3) is 4.60. The molecule has 3 nitrogen and oxygen atoms in total. The standard InChI is InChI=1S/C15H28N2O/c1-2-3-4-5-15(18)17-10-8-14(9-11-17)16-12-13-6-7-13/h13-14,16H,2-12H2,1H3. The minimum Gasteiger partial charge on any atom is -0.343 e. The molecule has 1 saturated heterocycles. The van der Waals surface area contributed by atoms with Crippen molar-refractivity contribution in [2.24, 2.45) is 5.92 Å². The van der Waals surface area contributed by atoms with Crippen LogP contribution in [-0.4, -0.2) is 36.5 Å². The number of likely N-dealkylation sites (tertiary alicyclic amines) is 1. The smallest absolute Gasteiger partial charge is 0.222 e. The number of carbonyl (C=O) groups is 1. The highest BCUT2D eigenvalue weighted by molar-refractivity contribution is 5.76. The van der Waals surface area contributed by atoms with Gasteiger partial charge in [-0.15, -0.1) is 0 Å². The van der Waals surface area contributed by atoms with E-state index in [2.05, 4.69) is 17.1 Å². The zero-order valence-corrected chi connectivity index (χ0v) is 11.8. The molecule has 104 valence electrons. The topological polar surface area (TPSA) is 32.3 Å². The molecule has 0 aromatic rings. The fourth-order valence-corrected chi connectivity index (χ4v) is 2.67. The molecular weight excluding hydrogens is 224 g/mol. The SMILES string of the molecule is CCCCCC(=O)N1CCC(NCC2CC2)CC1. The van der Waals surface area contributed by atoms with E-state index >= 15 is 0 Å². The van der Waals surface area contributed by atoms with Gasteiger partial charge >= 0.3 is 0 Å². The van der Waals surface area contributed by atoms with Crippen molar-refractivity contribution in [3.8, 4) is 0 Å². The largest absolute Gasteiger partial charge is 0.343 e. The van der Waals surface area contributed by atoms with Crippen LogP contribution in [0.1, 0.15) is 58.3 Å². The van der Waals surface area contributed by atoms with Crippen molar-refractivity contribution in [3.05, 3.63) is 0 Å². The number of nitrogens with one attached hydrogen (secondary N) is 1. The molecule has 2 fully saturated rings. The van der Waals surface area contributed by atoms with E-state index in [9.17, 15) is 4.79 Å². The number of piperidine rings is 1. The summed E-state index contributed by atoms with van der Waals surface area (Å²) in [5, 5.41) is 3.66. The highest BCUT2D eigenvalue weighted by Gasteiger charge is 2.25. The first-order valence-electron chi connectivity index (χ1n) is 7.80. The van der Waals surface area contributed by atoms with Crippen LogP contribution in [0.5, 0.6) is 0 Å². The van der Waals surface area contributed by atoms with Gasteiger partial charge in [0.15, 0.2) is 0 Å². The van der Waals surface area contributed by atoms with Crippen LogP contribution in [0.3, 0.4) is 0 Å². The van der Waals surface area contributed by atoms with Crippen LogP contribution >= 0.6 is 0 Å². The second-order valence-corrected chi connectivity index (χ2v) is 5.96. The summed E-state index contributed by atoms with van der Waals surface area (Å²) < 4.78 is 0. The van der Waals surface area contributed by atoms with E-state index in [1.807, 2.05) is 0 Å². The van der Waals surface area contributed by atoms with Gasteiger partial charge in [-0.25, -0.2) is 0 Å². The van der Waals surface area contributed by atoms with Crippen LogP contribution in [0, 0.1) is 5.92 Å². The first-order valence-corrected chi connectivity index (χ1v) is 7.80. The third-order valence-electron chi connectivity index (χ3n) is 4.23. The molecule has 18 heavy (non-hydrogen) atoms. The van der Waals surface area contributed by atoms with Crippen molar-refractivity contribution < 1.29 is 4.79 Å². The van der Waals surface area contributed by atoms with Crippen molar-refractivity contribution in [2.45, 2.75) is 64.3 Å². The summed E-state index contributed by atoms with van der Waals surface area (Å²) in [7, 11) is 0. The Kier molecular flexibility index (Phi) is 5.48. The van der Waals surface area contributed by atoms with Gasteiger partial charge in [0.05, 0.1) is 0 Å². The van der Waals surface area contributed by atoms with Crippen molar-refractivity contribution in [3.63, 3.8) is 0 Å². The number of amides is 1. The first-order chi connectivity index (χ1) is 8.79. The van der Waals surface area contributed by atoms with Gasteiger partial charge in [-0.3, -0.25) is 4.79 Å². The van der Waals surface area contributed by atoms with Crippen LogP contribution in [0.4, 0.5) is 0 Å². The Bertz CT molecular complexity index is 255. The zero-order chi connectivity index (χ0) is 12.8. The summed E-state index contributed by atoms with van der Waals surface area (Å²) in [6.07, 6.45) is 9.33. The highest BCUT2D eigenvalue weighted by atomic mass is 16.2. The molecule has 2 aliphatic rings. The van der Waals surface area contributed by atoms with Gasteiger partial charge in [-0.2, -0.15) is 0 Å². The molecule has 1 aliphatic heterocycles. The predicted octanol–water partition coefficient (Wildman–Crippen LogP) is 2.56. The summed E-state index contributed by atoms with van der Waals surface area (Å²) >= 11 is 0. The van der Waals surface area contributed by atoms with Gasteiger partial charge in [0.1, 0.15) is 0 Å². The number of hydrogen-bond donors (Lipinski definition) is 1. The van der Waals surface area contributed by atoms with Crippen LogP contribution in [0.2, 0.25) is 0 Å². The van der Waals surface area contributed by atoms with Crippen LogP contribution in [0.25, 0.3) is 0 Å². The molecule has 2 rings (SSSR count). The average molecular weight is 252 g/mol. The molecule has 1 aliphatic carbocycles. The van der Waals surface area contributed by atoms with E-state index in [1.54, 1.807) is 0 Å². The molecule has 0 aromatic carbocycles. The Morgan fingerprint density at radius 1 is 1.17 bits per heavy atom. The molecule has 0 radical (unpaired) electrons. The summed E-state index contributed by atoms with van der Waals surface area (Å²) in [5.41, 5.74) is 0. The number of nitrogens with zero attached hydrogens (tertiary/aromatic N) is 1. The lowest BCUT2D eigenvalue weighted by Gasteiger charge is -2.32. The molecule has 1 amide bonds. The molecule has 1 heterocycles. The zero-order valence-electron chi connectivity index (χ0n) is 11.8. The summed E-state index contributed by atoms with van der Waals surface area (Å²) in [5.74, 6) is 1.34. The van der Waals surface area contributed by atoms with E-state index < -0.39 is 0 Å². The lowest BCUT2D eigenvalue weighted by Crippen LogP contribution is -2.45. The van der Waals surface area contributed by atoms with E-state index in [-0.39, 0.29) is 0 Å². The monoisotopic (exact) mass is 252 g/mol. The van der Waals surface area contributed by atoms with Crippen molar-refractivity contribution >= 4 is 5.91 Å². The molecule has 1 N–H and O–H groups in total. The minimum absolute atomic E-state index is 0.379. The minimum atomic E-state index is 0.379. The molecule has 0 unspecified atom stereocenters. The molecule has 0 spiro atoms. The van der Waals surface area contributed by atoms with Gasteiger partial charge < -0.3 is 10.2 Å². The lowest BCUT2D eigenvalue weighted by molar-refractivity contribution is -0.132. The fourth-order valence-electron chi connectivity index (χ4n) is 2.67. The quantitative estimate of drug-likeness (QED) is 0.706. The highest BCUT2D eigenvalue weighted by Crippen LogP contribution is 2.28. The average Bonchev–Trinajstić information content (AvgIpc) is 3.21. The van der Waals surface area contributed by atoms with E-state index in [0.717, 1.165) is 44.7 Å². The Balaban J connectivity index is 1.58. The van der Waals surface area contributed by atoms with Gasteiger partial charge in [-0.1, -0.05) is 19.8 Å². The molecule has 0 bridgehead atoms. The van der Waals surface area contributed by atoms with Gasteiger partial charge in [0, 0.05) is 25.6 Å². The Hall–Kier alpha value is -0.570. The summed E-state index contributed by atoms with van der Waals surface area (Å²) in [6.45, 7) is 5.32. The summed E-state index contributed by atoms with van der Waals surface area (Å²) in [4.78, 5) is 14.0. The third-order valence-corrected chi connectivity index (χ3v) is 4.23. The molecule has 3 heteroatoms.